The molecule has 2 fully saturated rings. The van der Waals surface area contributed by atoms with Gasteiger partial charge in [-0.2, -0.15) is 0 Å². The summed E-state index contributed by atoms with van der Waals surface area (Å²) >= 11 is 0. The van der Waals surface area contributed by atoms with E-state index in [1.807, 2.05) is 12.4 Å². The molecular formula is C16H25N3O. The largest absolute Gasteiger partial charge is 0.489 e. The van der Waals surface area contributed by atoms with E-state index in [4.69, 9.17) is 4.74 Å². The van der Waals surface area contributed by atoms with Crippen LogP contribution in [0.2, 0.25) is 0 Å². The Bertz CT molecular complexity index is 431. The van der Waals surface area contributed by atoms with E-state index in [1.165, 1.54) is 44.3 Å². The number of likely N-dealkylation sites (N-methyl/N-ethyl adjacent to an activating group) is 1. The maximum Gasteiger partial charge on any atom is 0.140 e. The molecule has 0 radical (unpaired) electrons. The van der Waals surface area contributed by atoms with Crippen LogP contribution in [0.3, 0.4) is 0 Å². The van der Waals surface area contributed by atoms with E-state index in [1.54, 1.807) is 0 Å². The lowest BCUT2D eigenvalue weighted by molar-refractivity contribution is 0.209. The summed E-state index contributed by atoms with van der Waals surface area (Å²) in [6.45, 7) is 4.49. The van der Waals surface area contributed by atoms with Gasteiger partial charge in [-0.1, -0.05) is 0 Å². The van der Waals surface area contributed by atoms with Gasteiger partial charge in [0, 0.05) is 25.7 Å². The molecule has 0 spiro atoms. The van der Waals surface area contributed by atoms with Gasteiger partial charge in [0.15, 0.2) is 0 Å². The van der Waals surface area contributed by atoms with E-state index in [-0.39, 0.29) is 0 Å². The van der Waals surface area contributed by atoms with Crippen LogP contribution in [-0.4, -0.2) is 49.2 Å². The summed E-state index contributed by atoms with van der Waals surface area (Å²) < 4.78 is 6.06. The van der Waals surface area contributed by atoms with Crippen molar-refractivity contribution in [1.82, 2.24) is 9.88 Å². The van der Waals surface area contributed by atoms with Crippen molar-refractivity contribution < 1.29 is 4.74 Å². The summed E-state index contributed by atoms with van der Waals surface area (Å²) in [6.07, 6.45) is 10.4. The first-order chi connectivity index (χ1) is 9.81. The normalized spacial score (nSPS) is 21.9. The minimum Gasteiger partial charge on any atom is -0.489 e. The average molecular weight is 275 g/mol. The van der Waals surface area contributed by atoms with Gasteiger partial charge in [-0.3, -0.25) is 4.98 Å². The first kappa shape index (κ1) is 13.7. The van der Waals surface area contributed by atoms with Gasteiger partial charge in [-0.05, 0) is 45.7 Å². The van der Waals surface area contributed by atoms with Crippen LogP contribution in [0.25, 0.3) is 0 Å². The number of hydrogen-bond donors (Lipinski definition) is 0. The summed E-state index contributed by atoms with van der Waals surface area (Å²) in [4.78, 5) is 9.19. The van der Waals surface area contributed by atoms with Crippen molar-refractivity contribution in [1.29, 1.82) is 0 Å². The topological polar surface area (TPSA) is 28.6 Å². The molecule has 4 nitrogen and oxygen atoms in total. The van der Waals surface area contributed by atoms with Crippen LogP contribution in [0.1, 0.15) is 32.1 Å². The van der Waals surface area contributed by atoms with Crippen LogP contribution in [0, 0.1) is 0 Å². The van der Waals surface area contributed by atoms with Gasteiger partial charge in [0.2, 0.25) is 0 Å². The van der Waals surface area contributed by atoms with Crippen LogP contribution >= 0.6 is 0 Å². The third-order valence-electron chi connectivity index (χ3n) is 4.39. The summed E-state index contributed by atoms with van der Waals surface area (Å²) in [6, 6.07) is 2.16. The van der Waals surface area contributed by atoms with Gasteiger partial charge in [-0.25, -0.2) is 0 Å². The molecule has 3 rings (SSSR count). The highest BCUT2D eigenvalue weighted by Gasteiger charge is 2.18. The fraction of sp³-hybridized carbons (Fsp3) is 0.688. The molecule has 1 saturated heterocycles. The molecule has 1 saturated carbocycles. The first-order valence-corrected chi connectivity index (χ1v) is 7.86. The van der Waals surface area contributed by atoms with Crippen molar-refractivity contribution in [2.24, 2.45) is 0 Å². The van der Waals surface area contributed by atoms with Crippen molar-refractivity contribution in [3.8, 4) is 5.75 Å². The van der Waals surface area contributed by atoms with Crippen molar-refractivity contribution in [3.63, 3.8) is 0 Å². The molecular weight excluding hydrogens is 250 g/mol. The standard InChI is InChI=1S/C16H25N3O/c1-18-7-4-8-19(10-9-18)14-11-16(13-17-12-14)20-15-5-2-3-6-15/h11-13,15H,2-10H2,1H3. The van der Waals surface area contributed by atoms with Gasteiger partial charge in [-0.15, -0.1) is 0 Å². The van der Waals surface area contributed by atoms with Crippen LogP contribution in [0.5, 0.6) is 5.75 Å². The Morgan fingerprint density at radius 3 is 2.75 bits per heavy atom. The number of pyridine rings is 1. The number of rotatable bonds is 3. The lowest BCUT2D eigenvalue weighted by Crippen LogP contribution is -2.28. The predicted octanol–water partition coefficient (Wildman–Crippen LogP) is 2.54. The molecule has 0 bridgehead atoms. The number of ether oxygens (including phenoxy) is 1. The van der Waals surface area contributed by atoms with E-state index in [0.717, 1.165) is 25.4 Å². The van der Waals surface area contributed by atoms with Gasteiger partial charge in [0.1, 0.15) is 5.75 Å². The molecule has 0 N–H and O–H groups in total. The van der Waals surface area contributed by atoms with Crippen LogP contribution in [0.15, 0.2) is 18.5 Å². The molecule has 1 aliphatic heterocycles. The lowest BCUT2D eigenvalue weighted by atomic mass is 10.3. The molecule has 20 heavy (non-hydrogen) atoms. The smallest absolute Gasteiger partial charge is 0.140 e. The quantitative estimate of drug-likeness (QED) is 0.847. The Morgan fingerprint density at radius 1 is 1.05 bits per heavy atom. The molecule has 0 amide bonds. The molecule has 2 heterocycles. The van der Waals surface area contributed by atoms with Crippen molar-refractivity contribution in [2.45, 2.75) is 38.2 Å². The van der Waals surface area contributed by atoms with Crippen molar-refractivity contribution >= 4 is 5.69 Å². The van der Waals surface area contributed by atoms with E-state index in [0.29, 0.717) is 6.10 Å². The maximum absolute atomic E-state index is 6.06. The Hall–Kier alpha value is -1.29. The molecule has 110 valence electrons. The van der Waals surface area contributed by atoms with Gasteiger partial charge in [0.25, 0.3) is 0 Å². The van der Waals surface area contributed by atoms with Crippen LogP contribution < -0.4 is 9.64 Å². The van der Waals surface area contributed by atoms with Crippen molar-refractivity contribution in [3.05, 3.63) is 18.5 Å². The van der Waals surface area contributed by atoms with Crippen LogP contribution in [-0.2, 0) is 0 Å². The monoisotopic (exact) mass is 275 g/mol. The van der Waals surface area contributed by atoms with E-state index in [2.05, 4.69) is 27.9 Å². The zero-order valence-corrected chi connectivity index (χ0v) is 12.4. The molecule has 0 aromatic carbocycles. The summed E-state index contributed by atoms with van der Waals surface area (Å²) in [7, 11) is 2.20. The molecule has 0 atom stereocenters. The second kappa shape index (κ2) is 6.44. The summed E-state index contributed by atoms with van der Waals surface area (Å²) in [5.74, 6) is 0.937. The Balaban J connectivity index is 1.66. The number of anilines is 1. The lowest BCUT2D eigenvalue weighted by Gasteiger charge is -2.23. The molecule has 2 aliphatic rings. The van der Waals surface area contributed by atoms with E-state index in [9.17, 15) is 0 Å². The van der Waals surface area contributed by atoms with Crippen LogP contribution in [0.4, 0.5) is 5.69 Å². The summed E-state index contributed by atoms with van der Waals surface area (Å²) in [5, 5.41) is 0. The minimum absolute atomic E-state index is 0.405. The molecule has 0 unspecified atom stereocenters. The molecule has 4 heteroatoms. The third kappa shape index (κ3) is 3.42. The fourth-order valence-corrected chi connectivity index (χ4v) is 3.15. The van der Waals surface area contributed by atoms with Gasteiger partial charge < -0.3 is 14.5 Å². The number of hydrogen-bond acceptors (Lipinski definition) is 4. The average Bonchev–Trinajstić information content (AvgIpc) is 2.86. The highest BCUT2D eigenvalue weighted by Crippen LogP contribution is 2.26. The van der Waals surface area contributed by atoms with E-state index < -0.39 is 0 Å². The summed E-state index contributed by atoms with van der Waals surface area (Å²) in [5.41, 5.74) is 1.20. The minimum atomic E-state index is 0.405. The molecule has 1 aliphatic carbocycles. The molecule has 1 aromatic heterocycles. The number of nitrogens with zero attached hydrogens (tertiary/aromatic N) is 3. The van der Waals surface area contributed by atoms with Crippen molar-refractivity contribution in [2.75, 3.05) is 38.1 Å². The molecule has 1 aromatic rings. The van der Waals surface area contributed by atoms with Gasteiger partial charge in [0.05, 0.1) is 24.2 Å². The SMILES string of the molecule is CN1CCCN(c2cncc(OC3CCCC3)c2)CC1. The second-order valence-corrected chi connectivity index (χ2v) is 6.05. The maximum atomic E-state index is 6.06. The fourth-order valence-electron chi connectivity index (χ4n) is 3.15. The second-order valence-electron chi connectivity index (χ2n) is 6.05. The highest BCUT2D eigenvalue weighted by atomic mass is 16.5. The third-order valence-corrected chi connectivity index (χ3v) is 4.39. The van der Waals surface area contributed by atoms with Gasteiger partial charge >= 0.3 is 0 Å². The number of aromatic nitrogens is 1. The zero-order chi connectivity index (χ0) is 13.8. The highest BCUT2D eigenvalue weighted by molar-refractivity contribution is 5.48. The van der Waals surface area contributed by atoms with E-state index >= 15 is 0 Å². The zero-order valence-electron chi connectivity index (χ0n) is 12.4. The Morgan fingerprint density at radius 2 is 1.90 bits per heavy atom. The first-order valence-electron chi connectivity index (χ1n) is 7.86. The predicted molar refractivity (Wildman–Crippen MR) is 81.4 cm³/mol. The Labute approximate surface area is 121 Å². The Kier molecular flexibility index (Phi) is 4.41.